The van der Waals surface area contributed by atoms with Gasteiger partial charge in [0, 0.05) is 41.3 Å². The highest BCUT2D eigenvalue weighted by Gasteiger charge is 2.30. The summed E-state index contributed by atoms with van der Waals surface area (Å²) in [5.41, 5.74) is 2.08. The zero-order valence-electron chi connectivity index (χ0n) is 14.5. The molecule has 0 radical (unpaired) electrons. The Morgan fingerprint density at radius 1 is 0.857 bits per heavy atom. The van der Waals surface area contributed by atoms with Gasteiger partial charge in [0.05, 0.1) is 5.69 Å². The maximum atomic E-state index is 6.35. The predicted molar refractivity (Wildman–Crippen MR) is 123 cm³/mol. The molecule has 0 N–H and O–H groups in total. The summed E-state index contributed by atoms with van der Waals surface area (Å²) in [7, 11) is 0. The molecule has 2 aromatic carbocycles. The van der Waals surface area contributed by atoms with Crippen molar-refractivity contribution in [3.05, 3.63) is 72.1 Å². The quantitative estimate of drug-likeness (QED) is 0.294. The lowest BCUT2D eigenvalue weighted by Crippen LogP contribution is -2.20. The van der Waals surface area contributed by atoms with E-state index in [9.17, 15) is 0 Å². The van der Waals surface area contributed by atoms with Crippen LogP contribution in [-0.4, -0.2) is 20.5 Å². The van der Waals surface area contributed by atoms with Crippen molar-refractivity contribution in [2.75, 3.05) is 0 Å². The minimum atomic E-state index is 0.304. The van der Waals surface area contributed by atoms with E-state index in [0.717, 1.165) is 21.5 Å². The molecular formula is C22H13ClN2S3. The molecule has 3 heterocycles. The molecule has 0 saturated heterocycles. The number of thiophene rings is 1. The molecule has 6 rings (SSSR count). The van der Waals surface area contributed by atoms with E-state index in [2.05, 4.69) is 71.8 Å². The van der Waals surface area contributed by atoms with Gasteiger partial charge in [-0.1, -0.05) is 54.6 Å². The number of thioether (sulfide) groups is 2. The molecule has 1 aliphatic carbocycles. The third kappa shape index (κ3) is 2.65. The lowest BCUT2D eigenvalue weighted by Gasteiger charge is -2.30. The molecule has 2 atom stereocenters. The van der Waals surface area contributed by atoms with Crippen molar-refractivity contribution in [3.63, 3.8) is 0 Å². The smallest absolute Gasteiger partial charge is 0.217 e. The summed E-state index contributed by atoms with van der Waals surface area (Å²) in [4.78, 5) is 12.8. The lowest BCUT2D eigenvalue weighted by molar-refractivity contribution is 1.04. The van der Waals surface area contributed by atoms with E-state index in [1.807, 2.05) is 23.5 Å². The van der Waals surface area contributed by atoms with Crippen LogP contribution in [0.15, 0.2) is 76.6 Å². The molecule has 0 saturated carbocycles. The van der Waals surface area contributed by atoms with Gasteiger partial charge < -0.3 is 0 Å². The molecular weight excluding hydrogens is 424 g/mol. The van der Waals surface area contributed by atoms with Gasteiger partial charge in [-0.2, -0.15) is 0 Å². The van der Waals surface area contributed by atoms with Crippen LogP contribution in [0.1, 0.15) is 0 Å². The van der Waals surface area contributed by atoms with Gasteiger partial charge in [-0.05, 0) is 23.7 Å². The summed E-state index contributed by atoms with van der Waals surface area (Å²) < 4.78 is 1.21. The van der Waals surface area contributed by atoms with Crippen molar-refractivity contribution in [2.45, 2.75) is 20.3 Å². The highest BCUT2D eigenvalue weighted by atomic mass is 35.5. The average Bonchev–Trinajstić information content (AvgIpc) is 3.09. The number of nitrogens with zero attached hydrogens (tertiary/aromatic N) is 2. The van der Waals surface area contributed by atoms with E-state index in [1.165, 1.54) is 19.9 Å². The van der Waals surface area contributed by atoms with Gasteiger partial charge in [0.25, 0.3) is 0 Å². The Kier molecular flexibility index (Phi) is 4.05. The molecule has 0 spiro atoms. The first-order chi connectivity index (χ1) is 13.8. The largest absolute Gasteiger partial charge is 0.224 e. The summed E-state index contributed by atoms with van der Waals surface area (Å²) in [6.45, 7) is 0. The Bertz CT molecular complexity index is 1310. The van der Waals surface area contributed by atoms with Crippen molar-refractivity contribution < 1.29 is 0 Å². The van der Waals surface area contributed by atoms with Crippen LogP contribution in [0.4, 0.5) is 0 Å². The number of aromatic nitrogens is 2. The first-order valence-corrected chi connectivity index (χ1v) is 11.9. The van der Waals surface area contributed by atoms with E-state index in [4.69, 9.17) is 16.6 Å². The van der Waals surface area contributed by atoms with Crippen LogP contribution in [0.3, 0.4) is 0 Å². The first-order valence-electron chi connectivity index (χ1n) is 8.94. The highest BCUT2D eigenvalue weighted by molar-refractivity contribution is 8.06. The lowest BCUT2D eigenvalue weighted by atomic mass is 10.1. The Morgan fingerprint density at radius 3 is 2.57 bits per heavy atom. The van der Waals surface area contributed by atoms with E-state index >= 15 is 0 Å². The maximum Gasteiger partial charge on any atom is 0.224 e. The van der Waals surface area contributed by atoms with Gasteiger partial charge in [-0.15, -0.1) is 34.9 Å². The van der Waals surface area contributed by atoms with E-state index < -0.39 is 0 Å². The second-order valence-electron chi connectivity index (χ2n) is 6.69. The molecule has 0 bridgehead atoms. The number of halogens is 1. The molecule has 2 aromatic heterocycles. The van der Waals surface area contributed by atoms with Gasteiger partial charge in [0.2, 0.25) is 5.28 Å². The second-order valence-corrected chi connectivity index (χ2v) is 10.5. The fourth-order valence-corrected chi connectivity index (χ4v) is 7.89. The Morgan fingerprint density at radius 2 is 1.68 bits per heavy atom. The Hall–Kier alpha value is -1.79. The number of allylic oxidation sites excluding steroid dienone is 2. The number of benzene rings is 2. The Labute approximate surface area is 179 Å². The maximum absolute atomic E-state index is 6.35. The molecule has 1 aliphatic heterocycles. The topological polar surface area (TPSA) is 25.8 Å². The van der Waals surface area contributed by atoms with Crippen molar-refractivity contribution >= 4 is 66.8 Å². The minimum Gasteiger partial charge on any atom is -0.217 e. The first kappa shape index (κ1) is 17.1. The van der Waals surface area contributed by atoms with E-state index in [1.54, 1.807) is 11.3 Å². The van der Waals surface area contributed by atoms with Crippen LogP contribution in [0.25, 0.3) is 31.6 Å². The third-order valence-electron chi connectivity index (χ3n) is 5.00. The van der Waals surface area contributed by atoms with Crippen LogP contribution in [0, 0.1) is 0 Å². The summed E-state index contributed by atoms with van der Waals surface area (Å²) in [5.74, 6) is 0. The average molecular weight is 437 g/mol. The highest BCUT2D eigenvalue weighted by Crippen LogP contribution is 2.51. The fraction of sp³-hybridized carbons (Fsp3) is 0.0909. The molecule has 2 unspecified atom stereocenters. The molecule has 0 amide bonds. The second kappa shape index (κ2) is 6.63. The predicted octanol–water partition coefficient (Wildman–Crippen LogP) is 7.23. The van der Waals surface area contributed by atoms with Crippen LogP contribution < -0.4 is 0 Å². The summed E-state index contributed by atoms with van der Waals surface area (Å²) in [6, 6.07) is 14.9. The molecule has 2 nitrogen and oxygen atoms in total. The van der Waals surface area contributed by atoms with Gasteiger partial charge in [-0.3, -0.25) is 0 Å². The molecule has 28 heavy (non-hydrogen) atoms. The zero-order valence-corrected chi connectivity index (χ0v) is 17.7. The van der Waals surface area contributed by atoms with Crippen molar-refractivity contribution in [1.82, 2.24) is 9.97 Å². The summed E-state index contributed by atoms with van der Waals surface area (Å²) >= 11 is 11.9. The van der Waals surface area contributed by atoms with Gasteiger partial charge in [0.15, 0.2) is 0 Å². The van der Waals surface area contributed by atoms with Crippen molar-refractivity contribution in [2.24, 2.45) is 0 Å². The molecule has 6 heteroatoms. The van der Waals surface area contributed by atoms with Gasteiger partial charge >= 0.3 is 0 Å². The molecule has 136 valence electrons. The number of hydrogen-bond donors (Lipinski definition) is 0. The van der Waals surface area contributed by atoms with Crippen LogP contribution in [-0.2, 0) is 0 Å². The van der Waals surface area contributed by atoms with E-state index in [-0.39, 0.29) is 0 Å². The summed E-state index contributed by atoms with van der Waals surface area (Å²) in [5, 5.41) is 3.52. The van der Waals surface area contributed by atoms with Crippen LogP contribution in [0.2, 0.25) is 5.28 Å². The standard InChI is InChI=1S/C22H13ClN2S3/c23-22-24-19(18-12-6-1-2-8-14(12)28-21(18)25-22)13-7-5-11-17-20(13)27-16-10-4-3-9-15(16)26-17/h1-11,15-16H. The molecule has 2 aliphatic rings. The monoisotopic (exact) mass is 436 g/mol. The third-order valence-corrected chi connectivity index (χ3v) is 9.25. The number of fused-ring (bicyclic) bond motifs is 5. The van der Waals surface area contributed by atoms with Gasteiger partial charge in [-0.25, -0.2) is 9.97 Å². The number of rotatable bonds is 1. The normalized spacial score (nSPS) is 20.5. The summed E-state index contributed by atoms with van der Waals surface area (Å²) in [6.07, 6.45) is 8.89. The number of hydrogen-bond acceptors (Lipinski definition) is 5. The zero-order chi connectivity index (χ0) is 18.7. The van der Waals surface area contributed by atoms with Crippen molar-refractivity contribution in [3.8, 4) is 11.3 Å². The van der Waals surface area contributed by atoms with E-state index in [0.29, 0.717) is 15.8 Å². The van der Waals surface area contributed by atoms with Crippen molar-refractivity contribution in [1.29, 1.82) is 0 Å². The molecule has 4 aromatic rings. The molecule has 0 fully saturated rings. The fourth-order valence-electron chi connectivity index (χ4n) is 3.77. The Balaban J connectivity index is 1.63. The van der Waals surface area contributed by atoms with Crippen LogP contribution >= 0.6 is 46.5 Å². The van der Waals surface area contributed by atoms with Gasteiger partial charge in [0.1, 0.15) is 4.83 Å². The minimum absolute atomic E-state index is 0.304. The van der Waals surface area contributed by atoms with Crippen LogP contribution in [0.5, 0.6) is 0 Å². The SMILES string of the molecule is Clc1nc(-c2cccc3c2SC2C=CC=CC2S3)c2c(n1)sc1ccccc12.